The second-order valence-corrected chi connectivity index (χ2v) is 13.6. The summed E-state index contributed by atoms with van der Waals surface area (Å²) in [4.78, 5) is 0. The van der Waals surface area contributed by atoms with Crippen molar-refractivity contribution in [1.29, 1.82) is 0 Å². The standard InChI is InChI=1S/C40H58/c1-31(19-13-21-33(3)25-27-37-35(5)23-15-29-39(37,7)8)17-11-12-18-32(2)20-14-22-34(4)26-28-38-36(6)24-16-30-40(38,9)10/h11-14,17-22,25-26H,15-16,23-24,27-30H2,1-10H3. The summed E-state index contributed by atoms with van der Waals surface area (Å²) in [6, 6.07) is 0. The molecule has 0 heteroatoms. The van der Waals surface area contributed by atoms with Gasteiger partial charge in [-0.3, -0.25) is 0 Å². The Hall–Kier alpha value is -2.60. The lowest BCUT2D eigenvalue weighted by atomic mass is 9.71. The average Bonchev–Trinajstić information content (AvgIpc) is 2.85. The molecule has 0 fully saturated rings. The van der Waals surface area contributed by atoms with Gasteiger partial charge in [0.1, 0.15) is 0 Å². The minimum absolute atomic E-state index is 0.348. The first-order valence-corrected chi connectivity index (χ1v) is 15.6. The van der Waals surface area contributed by atoms with Crippen LogP contribution in [0.15, 0.2) is 117 Å². The summed E-state index contributed by atoms with van der Waals surface area (Å²) < 4.78 is 0. The fourth-order valence-electron chi connectivity index (χ4n) is 6.14. The van der Waals surface area contributed by atoms with Gasteiger partial charge in [0.15, 0.2) is 0 Å². The molecule has 0 aromatic carbocycles. The summed E-state index contributed by atoms with van der Waals surface area (Å²) in [5.41, 5.74) is 12.3. The van der Waals surface area contributed by atoms with E-state index in [-0.39, 0.29) is 0 Å². The first-order chi connectivity index (χ1) is 18.8. The Bertz CT molecular complexity index is 1070. The van der Waals surface area contributed by atoms with Gasteiger partial charge in [-0.1, -0.05) is 145 Å². The van der Waals surface area contributed by atoms with E-state index in [4.69, 9.17) is 0 Å². The lowest BCUT2D eigenvalue weighted by Gasteiger charge is -2.34. The highest BCUT2D eigenvalue weighted by Crippen LogP contribution is 2.43. The third kappa shape index (κ3) is 11.5. The molecule has 0 saturated carbocycles. The molecule has 0 aliphatic heterocycles. The monoisotopic (exact) mass is 538 g/mol. The summed E-state index contributed by atoms with van der Waals surface area (Å²) in [6.07, 6.45) is 36.5. The molecule has 0 aromatic heterocycles. The van der Waals surface area contributed by atoms with Crippen LogP contribution >= 0.6 is 0 Å². The summed E-state index contributed by atoms with van der Waals surface area (Å²) >= 11 is 0. The molecule has 0 saturated heterocycles. The smallest absolute Gasteiger partial charge is 0.0125 e. The molecule has 0 amide bonds. The topological polar surface area (TPSA) is 0 Å². The highest BCUT2D eigenvalue weighted by Gasteiger charge is 2.28. The predicted octanol–water partition coefficient (Wildman–Crippen LogP) is 12.8. The number of hydrogen-bond donors (Lipinski definition) is 0. The van der Waals surface area contributed by atoms with Crippen LogP contribution in [0.2, 0.25) is 0 Å². The molecule has 2 aliphatic rings. The van der Waals surface area contributed by atoms with Crippen LogP contribution in [-0.2, 0) is 0 Å². The molecular formula is C40H58. The van der Waals surface area contributed by atoms with Crippen molar-refractivity contribution in [2.45, 2.75) is 121 Å². The summed E-state index contributed by atoms with van der Waals surface area (Å²) in [5.74, 6) is 0. The molecule has 0 nitrogen and oxygen atoms in total. The predicted molar refractivity (Wildman–Crippen MR) is 181 cm³/mol. The van der Waals surface area contributed by atoms with Crippen LogP contribution in [0.5, 0.6) is 0 Å². The van der Waals surface area contributed by atoms with Crippen LogP contribution in [0.3, 0.4) is 0 Å². The van der Waals surface area contributed by atoms with Crippen molar-refractivity contribution in [2.24, 2.45) is 10.8 Å². The SMILES string of the molecule is CC(C=CC=CC(C)=CC=CC(C)=CCC1=C(C)CCCC1(C)C)=CC=CC(C)=CCC1=C(C)CCCC1(C)C. The van der Waals surface area contributed by atoms with Gasteiger partial charge >= 0.3 is 0 Å². The molecule has 0 bridgehead atoms. The molecule has 0 spiro atoms. The van der Waals surface area contributed by atoms with Gasteiger partial charge in [-0.05, 0) is 104 Å². The minimum Gasteiger partial charge on any atom is -0.0775 e. The quantitative estimate of drug-likeness (QED) is 0.181. The molecular weight excluding hydrogens is 480 g/mol. The van der Waals surface area contributed by atoms with E-state index in [1.54, 1.807) is 22.3 Å². The second-order valence-electron chi connectivity index (χ2n) is 13.6. The molecule has 0 aromatic rings. The molecule has 218 valence electrons. The molecule has 2 aliphatic carbocycles. The van der Waals surface area contributed by atoms with Crippen molar-refractivity contribution in [3.63, 3.8) is 0 Å². The van der Waals surface area contributed by atoms with E-state index in [1.165, 1.54) is 60.8 Å². The molecule has 0 atom stereocenters. The zero-order valence-electron chi connectivity index (χ0n) is 27.6. The Kier molecular flexibility index (Phi) is 13.4. The van der Waals surface area contributed by atoms with Crippen molar-refractivity contribution in [3.05, 3.63) is 117 Å². The summed E-state index contributed by atoms with van der Waals surface area (Å²) in [6.45, 7) is 23.0. The molecule has 0 heterocycles. The van der Waals surface area contributed by atoms with Gasteiger partial charge in [0.25, 0.3) is 0 Å². The summed E-state index contributed by atoms with van der Waals surface area (Å²) in [5, 5.41) is 0. The Morgan fingerprint density at radius 2 is 0.900 bits per heavy atom. The number of rotatable bonds is 11. The molecule has 40 heavy (non-hydrogen) atoms. The first kappa shape index (κ1) is 33.6. The van der Waals surface area contributed by atoms with Gasteiger partial charge in [-0.15, -0.1) is 0 Å². The van der Waals surface area contributed by atoms with E-state index < -0.39 is 0 Å². The van der Waals surface area contributed by atoms with Crippen LogP contribution in [0.4, 0.5) is 0 Å². The number of allylic oxidation sites excluding steroid dienone is 20. The van der Waals surface area contributed by atoms with Crippen LogP contribution in [-0.4, -0.2) is 0 Å². The normalized spacial score (nSPS) is 21.8. The van der Waals surface area contributed by atoms with Gasteiger partial charge in [0.2, 0.25) is 0 Å². The third-order valence-electron chi connectivity index (χ3n) is 8.89. The highest BCUT2D eigenvalue weighted by molar-refractivity contribution is 5.33. The van der Waals surface area contributed by atoms with Gasteiger partial charge in [0, 0.05) is 0 Å². The van der Waals surface area contributed by atoms with Crippen LogP contribution in [0, 0.1) is 10.8 Å². The van der Waals surface area contributed by atoms with E-state index in [0.29, 0.717) is 10.8 Å². The lowest BCUT2D eigenvalue weighted by Crippen LogP contribution is -2.20. The van der Waals surface area contributed by atoms with Gasteiger partial charge in [-0.25, -0.2) is 0 Å². The summed E-state index contributed by atoms with van der Waals surface area (Å²) in [7, 11) is 0. The van der Waals surface area contributed by atoms with Crippen molar-refractivity contribution in [2.75, 3.05) is 0 Å². The molecule has 2 rings (SSSR count). The van der Waals surface area contributed by atoms with E-state index >= 15 is 0 Å². The van der Waals surface area contributed by atoms with E-state index in [0.717, 1.165) is 12.8 Å². The molecule has 0 radical (unpaired) electrons. The lowest BCUT2D eigenvalue weighted by molar-refractivity contribution is 0.360. The fraction of sp³-hybridized carbons (Fsp3) is 0.500. The maximum Gasteiger partial charge on any atom is -0.0125 e. The van der Waals surface area contributed by atoms with E-state index in [9.17, 15) is 0 Å². The maximum absolute atomic E-state index is 2.40. The Labute approximate surface area is 248 Å². The van der Waals surface area contributed by atoms with Crippen molar-refractivity contribution in [3.8, 4) is 0 Å². The fourth-order valence-corrected chi connectivity index (χ4v) is 6.14. The molecule has 0 N–H and O–H groups in total. The van der Waals surface area contributed by atoms with Gasteiger partial charge in [-0.2, -0.15) is 0 Å². The third-order valence-corrected chi connectivity index (χ3v) is 8.89. The van der Waals surface area contributed by atoms with E-state index in [2.05, 4.69) is 142 Å². The van der Waals surface area contributed by atoms with Crippen molar-refractivity contribution in [1.82, 2.24) is 0 Å². The highest BCUT2D eigenvalue weighted by atomic mass is 14.3. The molecule has 0 unspecified atom stereocenters. The number of hydrogen-bond acceptors (Lipinski definition) is 0. The van der Waals surface area contributed by atoms with Crippen LogP contribution < -0.4 is 0 Å². The average molecular weight is 539 g/mol. The Balaban J connectivity index is 1.84. The maximum atomic E-state index is 2.40. The second kappa shape index (κ2) is 16.0. The van der Waals surface area contributed by atoms with E-state index in [1.807, 2.05) is 0 Å². The Morgan fingerprint density at radius 1 is 0.550 bits per heavy atom. The van der Waals surface area contributed by atoms with Crippen LogP contribution in [0.1, 0.15) is 121 Å². The largest absolute Gasteiger partial charge is 0.0775 e. The zero-order valence-corrected chi connectivity index (χ0v) is 27.6. The van der Waals surface area contributed by atoms with Crippen molar-refractivity contribution < 1.29 is 0 Å². The van der Waals surface area contributed by atoms with Crippen molar-refractivity contribution >= 4 is 0 Å². The van der Waals surface area contributed by atoms with Crippen LogP contribution in [0.25, 0.3) is 0 Å². The zero-order chi connectivity index (χ0) is 29.8. The first-order valence-electron chi connectivity index (χ1n) is 15.6. The van der Waals surface area contributed by atoms with Gasteiger partial charge < -0.3 is 0 Å². The Morgan fingerprint density at radius 3 is 1.25 bits per heavy atom. The minimum atomic E-state index is 0.348. The van der Waals surface area contributed by atoms with Gasteiger partial charge in [0.05, 0.1) is 0 Å².